The highest BCUT2D eigenvalue weighted by atomic mass is 16.6. The Balaban J connectivity index is 1.74. The molecular formula is C16H25N3O5. The standard InChI is InChI=1S/C16H25N3O5/c1-22-10-11-23-8-6-18-7-9-24-14(13-18)12-17-15-4-2-3-5-16(15)19(20)21/h2-5,14,17H,6-13H2,1H3. The summed E-state index contributed by atoms with van der Waals surface area (Å²) in [7, 11) is 1.65. The van der Waals surface area contributed by atoms with E-state index in [9.17, 15) is 10.1 Å². The Hall–Kier alpha value is -1.74. The van der Waals surface area contributed by atoms with Crippen molar-refractivity contribution in [1.29, 1.82) is 0 Å². The van der Waals surface area contributed by atoms with Crippen molar-refractivity contribution >= 4 is 11.4 Å². The lowest BCUT2D eigenvalue weighted by molar-refractivity contribution is -0.384. The van der Waals surface area contributed by atoms with Gasteiger partial charge in [0.25, 0.3) is 5.69 Å². The average molecular weight is 339 g/mol. The minimum absolute atomic E-state index is 0.00228. The van der Waals surface area contributed by atoms with Crippen LogP contribution in [0.1, 0.15) is 0 Å². The van der Waals surface area contributed by atoms with Crippen LogP contribution in [0.4, 0.5) is 11.4 Å². The fourth-order valence-corrected chi connectivity index (χ4v) is 2.55. The van der Waals surface area contributed by atoms with Crippen molar-refractivity contribution < 1.29 is 19.1 Å². The van der Waals surface area contributed by atoms with Gasteiger partial charge in [0.1, 0.15) is 5.69 Å². The van der Waals surface area contributed by atoms with Crippen LogP contribution in [0.2, 0.25) is 0 Å². The Bertz CT molecular complexity index is 514. The quantitative estimate of drug-likeness (QED) is 0.391. The molecule has 24 heavy (non-hydrogen) atoms. The molecular weight excluding hydrogens is 314 g/mol. The Labute approximate surface area is 141 Å². The number of nitro benzene ring substituents is 1. The van der Waals surface area contributed by atoms with Gasteiger partial charge in [0.2, 0.25) is 0 Å². The van der Waals surface area contributed by atoms with Crippen molar-refractivity contribution in [3.63, 3.8) is 0 Å². The summed E-state index contributed by atoms with van der Waals surface area (Å²) in [6, 6.07) is 6.64. The maximum atomic E-state index is 11.0. The normalized spacial score (nSPS) is 18.5. The summed E-state index contributed by atoms with van der Waals surface area (Å²) in [5, 5.41) is 14.1. The molecule has 1 atom stereocenters. The number of para-hydroxylation sites is 2. The number of anilines is 1. The van der Waals surface area contributed by atoms with Gasteiger partial charge in [0.05, 0.1) is 37.5 Å². The molecule has 1 aromatic rings. The summed E-state index contributed by atoms with van der Waals surface area (Å²) in [4.78, 5) is 12.9. The average Bonchev–Trinajstić information content (AvgIpc) is 2.60. The van der Waals surface area contributed by atoms with Crippen LogP contribution in [0.25, 0.3) is 0 Å². The lowest BCUT2D eigenvalue weighted by atomic mass is 10.2. The van der Waals surface area contributed by atoms with Gasteiger partial charge in [-0.05, 0) is 6.07 Å². The van der Waals surface area contributed by atoms with E-state index in [4.69, 9.17) is 14.2 Å². The van der Waals surface area contributed by atoms with Crippen LogP contribution in [0.5, 0.6) is 0 Å². The van der Waals surface area contributed by atoms with Crippen LogP contribution in [0, 0.1) is 10.1 Å². The first kappa shape index (κ1) is 18.6. The van der Waals surface area contributed by atoms with Gasteiger partial charge in [-0.15, -0.1) is 0 Å². The van der Waals surface area contributed by atoms with Crippen molar-refractivity contribution in [2.45, 2.75) is 6.10 Å². The van der Waals surface area contributed by atoms with E-state index in [2.05, 4.69) is 10.2 Å². The van der Waals surface area contributed by atoms with E-state index >= 15 is 0 Å². The third kappa shape index (κ3) is 6.04. The van der Waals surface area contributed by atoms with Gasteiger partial charge in [-0.2, -0.15) is 0 Å². The predicted molar refractivity (Wildman–Crippen MR) is 90.5 cm³/mol. The van der Waals surface area contributed by atoms with Crippen LogP contribution < -0.4 is 5.32 Å². The SMILES string of the molecule is COCCOCCN1CCOC(CNc2ccccc2[N+](=O)[O-])C1. The summed E-state index contributed by atoms with van der Waals surface area (Å²) >= 11 is 0. The van der Waals surface area contributed by atoms with E-state index in [0.717, 1.165) is 19.6 Å². The zero-order valence-corrected chi connectivity index (χ0v) is 14.0. The molecule has 1 aromatic carbocycles. The van der Waals surface area contributed by atoms with Crippen LogP contribution in [-0.2, 0) is 14.2 Å². The van der Waals surface area contributed by atoms with Crippen molar-refractivity contribution in [2.24, 2.45) is 0 Å². The van der Waals surface area contributed by atoms with Gasteiger partial charge in [-0.25, -0.2) is 0 Å². The Morgan fingerprint density at radius 1 is 1.38 bits per heavy atom. The fourth-order valence-electron chi connectivity index (χ4n) is 2.55. The zero-order chi connectivity index (χ0) is 17.2. The minimum atomic E-state index is -0.381. The second-order valence-corrected chi connectivity index (χ2v) is 5.55. The molecule has 0 radical (unpaired) electrons. The molecule has 2 rings (SSSR count). The maximum Gasteiger partial charge on any atom is 0.292 e. The summed E-state index contributed by atoms with van der Waals surface area (Å²) in [5.74, 6) is 0. The minimum Gasteiger partial charge on any atom is -0.382 e. The van der Waals surface area contributed by atoms with Crippen LogP contribution >= 0.6 is 0 Å². The highest BCUT2D eigenvalue weighted by Gasteiger charge is 2.21. The van der Waals surface area contributed by atoms with Crippen LogP contribution in [-0.4, -0.2) is 75.6 Å². The third-order valence-electron chi connectivity index (χ3n) is 3.83. The first-order valence-corrected chi connectivity index (χ1v) is 8.08. The Morgan fingerprint density at radius 3 is 3.00 bits per heavy atom. The second-order valence-electron chi connectivity index (χ2n) is 5.55. The summed E-state index contributed by atoms with van der Waals surface area (Å²) in [6.45, 7) is 5.54. The third-order valence-corrected chi connectivity index (χ3v) is 3.83. The van der Waals surface area contributed by atoms with Gasteiger partial charge in [0, 0.05) is 39.4 Å². The highest BCUT2D eigenvalue weighted by Crippen LogP contribution is 2.23. The number of hydrogen-bond donors (Lipinski definition) is 1. The number of nitrogens with one attached hydrogen (secondary N) is 1. The summed E-state index contributed by atoms with van der Waals surface area (Å²) in [5.41, 5.74) is 0.600. The molecule has 1 saturated heterocycles. The van der Waals surface area contributed by atoms with Gasteiger partial charge < -0.3 is 19.5 Å². The predicted octanol–water partition coefficient (Wildman–Crippen LogP) is 1.37. The number of ether oxygens (including phenoxy) is 3. The molecule has 1 aliphatic heterocycles. The Kier molecular flexibility index (Phi) is 7.90. The number of methoxy groups -OCH3 is 1. The molecule has 0 aliphatic carbocycles. The van der Waals surface area contributed by atoms with Crippen molar-refractivity contribution in [3.8, 4) is 0 Å². The molecule has 1 N–H and O–H groups in total. The molecule has 0 saturated carbocycles. The van der Waals surface area contributed by atoms with Crippen molar-refractivity contribution in [3.05, 3.63) is 34.4 Å². The highest BCUT2D eigenvalue weighted by molar-refractivity contribution is 5.61. The molecule has 1 heterocycles. The van der Waals surface area contributed by atoms with E-state index < -0.39 is 0 Å². The van der Waals surface area contributed by atoms with Crippen molar-refractivity contribution in [1.82, 2.24) is 4.90 Å². The summed E-state index contributed by atoms with van der Waals surface area (Å²) in [6.07, 6.45) is -0.00228. The molecule has 1 aliphatic rings. The molecule has 134 valence electrons. The fraction of sp³-hybridized carbons (Fsp3) is 0.625. The number of nitrogens with zero attached hydrogens (tertiary/aromatic N) is 2. The molecule has 1 unspecified atom stereocenters. The Morgan fingerprint density at radius 2 is 2.21 bits per heavy atom. The molecule has 0 aromatic heterocycles. The first-order chi connectivity index (χ1) is 11.7. The van der Waals surface area contributed by atoms with Crippen molar-refractivity contribution in [2.75, 3.05) is 65.0 Å². The van der Waals surface area contributed by atoms with Gasteiger partial charge in [-0.1, -0.05) is 12.1 Å². The van der Waals surface area contributed by atoms with E-state index in [1.54, 1.807) is 25.3 Å². The topological polar surface area (TPSA) is 86.1 Å². The van der Waals surface area contributed by atoms with Crippen LogP contribution in [0.15, 0.2) is 24.3 Å². The molecule has 0 spiro atoms. The number of hydrogen-bond acceptors (Lipinski definition) is 7. The van der Waals surface area contributed by atoms with E-state index in [-0.39, 0.29) is 16.7 Å². The van der Waals surface area contributed by atoms with Crippen LogP contribution in [0.3, 0.4) is 0 Å². The molecule has 0 amide bonds. The number of nitro groups is 1. The maximum absolute atomic E-state index is 11.0. The van der Waals surface area contributed by atoms with E-state index in [0.29, 0.717) is 38.7 Å². The zero-order valence-electron chi connectivity index (χ0n) is 14.0. The first-order valence-electron chi connectivity index (χ1n) is 8.08. The largest absolute Gasteiger partial charge is 0.382 e. The number of rotatable bonds is 10. The molecule has 8 nitrogen and oxygen atoms in total. The van der Waals surface area contributed by atoms with E-state index in [1.165, 1.54) is 6.07 Å². The van der Waals surface area contributed by atoms with Gasteiger partial charge in [0.15, 0.2) is 0 Å². The number of benzene rings is 1. The lowest BCUT2D eigenvalue weighted by Crippen LogP contribution is -2.46. The molecule has 1 fully saturated rings. The molecule has 8 heteroatoms. The lowest BCUT2D eigenvalue weighted by Gasteiger charge is -2.33. The van der Waals surface area contributed by atoms with E-state index in [1.807, 2.05) is 0 Å². The van der Waals surface area contributed by atoms with Gasteiger partial charge in [-0.3, -0.25) is 15.0 Å². The van der Waals surface area contributed by atoms with Gasteiger partial charge >= 0.3 is 0 Å². The second kappa shape index (κ2) is 10.2. The summed E-state index contributed by atoms with van der Waals surface area (Å²) < 4.78 is 16.2. The smallest absolute Gasteiger partial charge is 0.292 e. The monoisotopic (exact) mass is 339 g/mol. The number of morpholine rings is 1. The molecule has 0 bridgehead atoms.